The quantitative estimate of drug-likeness (QED) is 0.464. The van der Waals surface area contributed by atoms with Crippen molar-refractivity contribution < 1.29 is 18.6 Å². The summed E-state index contributed by atoms with van der Waals surface area (Å²) in [4.78, 5) is 12.2. The van der Waals surface area contributed by atoms with E-state index in [4.69, 9.17) is 13.8 Å². The van der Waals surface area contributed by atoms with Gasteiger partial charge in [-0.3, -0.25) is 0 Å². The number of ether oxygens (including phenoxy) is 1. The molecule has 2 rings (SSSR count). The summed E-state index contributed by atoms with van der Waals surface area (Å²) in [5.74, 6) is -0.229. The Morgan fingerprint density at radius 3 is 1.62 bits per heavy atom. The number of benzene rings is 2. The maximum absolute atomic E-state index is 12.2. The van der Waals surface area contributed by atoms with Gasteiger partial charge in [-0.25, -0.2) is 0 Å². The van der Waals surface area contributed by atoms with Crippen LogP contribution in [0.2, 0.25) is 0 Å². The molecular weight excluding hydrogens is 347 g/mol. The van der Waals surface area contributed by atoms with E-state index in [9.17, 15) is 4.79 Å². The minimum atomic E-state index is -3.50. The Bertz CT molecular complexity index is 638. The van der Waals surface area contributed by atoms with Crippen LogP contribution in [-0.4, -0.2) is 32.0 Å². The molecule has 0 saturated carbocycles. The van der Waals surface area contributed by atoms with Crippen molar-refractivity contribution in [2.75, 3.05) is 26.0 Å². The van der Waals surface area contributed by atoms with Crippen molar-refractivity contribution >= 4 is 23.6 Å². The van der Waals surface area contributed by atoms with Crippen LogP contribution < -0.4 is 10.6 Å². The molecule has 26 heavy (non-hydrogen) atoms. The Morgan fingerprint density at radius 2 is 1.23 bits per heavy atom. The molecule has 2 aromatic carbocycles. The van der Waals surface area contributed by atoms with Gasteiger partial charge in [0.1, 0.15) is 0 Å². The standard InChI is InChI=1S/C21H29O4P/c1-4-23-21(22)17-18-26(24-5-2,25-6-3,19-13-9-7-10-14-19)20-15-11-8-12-16-20/h7-16H,4-6,17-18H2,1-3H3. The molecule has 0 aliphatic carbocycles. The Hall–Kier alpha value is -1.74. The third-order valence-corrected chi connectivity index (χ3v) is 9.72. The van der Waals surface area contributed by atoms with Gasteiger partial charge in [-0.2, -0.15) is 0 Å². The minimum absolute atomic E-state index is 0.229. The van der Waals surface area contributed by atoms with Crippen molar-refractivity contribution in [1.29, 1.82) is 0 Å². The average molecular weight is 376 g/mol. The van der Waals surface area contributed by atoms with Crippen LogP contribution in [0.5, 0.6) is 0 Å². The zero-order valence-corrected chi connectivity index (χ0v) is 16.8. The molecule has 0 aromatic heterocycles. The van der Waals surface area contributed by atoms with Crippen LogP contribution in [0.1, 0.15) is 27.2 Å². The van der Waals surface area contributed by atoms with E-state index >= 15 is 0 Å². The van der Waals surface area contributed by atoms with E-state index in [0.717, 1.165) is 10.6 Å². The van der Waals surface area contributed by atoms with Crippen LogP contribution in [0.15, 0.2) is 60.7 Å². The normalized spacial score (nSPS) is 13.0. The monoisotopic (exact) mass is 376 g/mol. The van der Waals surface area contributed by atoms with E-state index in [-0.39, 0.29) is 12.4 Å². The molecule has 0 unspecified atom stereocenters. The van der Waals surface area contributed by atoms with Crippen LogP contribution in [0.25, 0.3) is 0 Å². The van der Waals surface area contributed by atoms with Crippen LogP contribution in [0.3, 0.4) is 0 Å². The van der Waals surface area contributed by atoms with Gasteiger partial charge in [0.05, 0.1) is 0 Å². The number of esters is 1. The second-order valence-corrected chi connectivity index (χ2v) is 10.2. The summed E-state index contributed by atoms with van der Waals surface area (Å²) in [7, 11) is -3.50. The Kier molecular flexibility index (Phi) is 7.33. The van der Waals surface area contributed by atoms with Gasteiger partial charge in [0.15, 0.2) is 0 Å². The predicted octanol–water partition coefficient (Wildman–Crippen LogP) is 4.05. The zero-order chi connectivity index (χ0) is 18.9. The van der Waals surface area contributed by atoms with Crippen LogP contribution in [0.4, 0.5) is 0 Å². The van der Waals surface area contributed by atoms with Crippen LogP contribution >= 0.6 is 7.06 Å². The summed E-state index contributed by atoms with van der Waals surface area (Å²) in [6.45, 7) is 7.11. The van der Waals surface area contributed by atoms with Gasteiger partial charge in [0, 0.05) is 0 Å². The molecule has 0 aliphatic heterocycles. The van der Waals surface area contributed by atoms with E-state index in [2.05, 4.69) is 0 Å². The molecule has 0 aliphatic rings. The maximum atomic E-state index is 12.2. The molecule has 4 nitrogen and oxygen atoms in total. The summed E-state index contributed by atoms with van der Waals surface area (Å²) < 4.78 is 18.3. The molecular formula is C21H29O4P. The van der Waals surface area contributed by atoms with E-state index in [1.807, 2.05) is 81.4 Å². The van der Waals surface area contributed by atoms with E-state index in [0.29, 0.717) is 26.0 Å². The summed E-state index contributed by atoms with van der Waals surface area (Å²) in [6, 6.07) is 20.1. The topological polar surface area (TPSA) is 44.8 Å². The van der Waals surface area contributed by atoms with Gasteiger partial charge in [0.2, 0.25) is 0 Å². The van der Waals surface area contributed by atoms with Crippen molar-refractivity contribution in [3.8, 4) is 0 Å². The Morgan fingerprint density at radius 1 is 0.769 bits per heavy atom. The molecule has 0 saturated heterocycles. The van der Waals surface area contributed by atoms with Crippen molar-refractivity contribution in [2.24, 2.45) is 0 Å². The summed E-state index contributed by atoms with van der Waals surface area (Å²) in [6.07, 6.45) is 0.704. The molecule has 2 aromatic rings. The predicted molar refractivity (Wildman–Crippen MR) is 108 cm³/mol. The van der Waals surface area contributed by atoms with Crippen molar-refractivity contribution in [3.05, 3.63) is 60.7 Å². The summed E-state index contributed by atoms with van der Waals surface area (Å²) in [5.41, 5.74) is 0. The Labute approximate surface area is 156 Å². The molecule has 0 spiro atoms. The third kappa shape index (κ3) is 3.98. The molecule has 0 N–H and O–H groups in total. The molecule has 5 heteroatoms. The second kappa shape index (κ2) is 9.27. The number of carbonyl (C=O) groups is 1. The van der Waals surface area contributed by atoms with E-state index in [1.54, 1.807) is 0 Å². The molecule has 142 valence electrons. The van der Waals surface area contributed by atoms with Gasteiger partial charge in [-0.15, -0.1) is 0 Å². The third-order valence-electron chi connectivity index (χ3n) is 4.39. The summed E-state index contributed by atoms with van der Waals surface area (Å²) in [5, 5.41) is 2.00. The van der Waals surface area contributed by atoms with Gasteiger partial charge in [-0.1, -0.05) is 0 Å². The average Bonchev–Trinajstić information content (AvgIpc) is 2.68. The van der Waals surface area contributed by atoms with Crippen molar-refractivity contribution in [1.82, 2.24) is 0 Å². The van der Waals surface area contributed by atoms with Gasteiger partial charge in [-0.05, 0) is 0 Å². The number of hydrogen-bond acceptors (Lipinski definition) is 4. The first-order valence-electron chi connectivity index (χ1n) is 9.20. The molecule has 0 amide bonds. The Balaban J connectivity index is 2.68. The zero-order valence-electron chi connectivity index (χ0n) is 15.9. The van der Waals surface area contributed by atoms with E-state index < -0.39 is 7.06 Å². The fourth-order valence-corrected chi connectivity index (χ4v) is 8.38. The molecule has 0 heterocycles. The van der Waals surface area contributed by atoms with Crippen molar-refractivity contribution in [2.45, 2.75) is 27.2 Å². The number of rotatable bonds is 10. The first-order valence-corrected chi connectivity index (χ1v) is 11.5. The fourth-order valence-electron chi connectivity index (χ4n) is 3.40. The molecule has 0 fully saturated rings. The second-order valence-electron chi connectivity index (χ2n) is 5.91. The van der Waals surface area contributed by atoms with Crippen LogP contribution in [0, 0.1) is 0 Å². The van der Waals surface area contributed by atoms with Gasteiger partial charge >= 0.3 is 156 Å². The molecule has 0 radical (unpaired) electrons. The first kappa shape index (κ1) is 20.6. The van der Waals surface area contributed by atoms with Crippen LogP contribution in [-0.2, 0) is 18.6 Å². The van der Waals surface area contributed by atoms with Gasteiger partial charge in [0.25, 0.3) is 0 Å². The SMILES string of the molecule is CCOC(=O)CCP(OCC)(OCC)(c1ccccc1)c1ccccc1. The van der Waals surface area contributed by atoms with E-state index in [1.165, 1.54) is 0 Å². The van der Waals surface area contributed by atoms with Gasteiger partial charge < -0.3 is 0 Å². The molecule has 0 bridgehead atoms. The fraction of sp³-hybridized carbons (Fsp3) is 0.381. The van der Waals surface area contributed by atoms with Crippen molar-refractivity contribution in [3.63, 3.8) is 0 Å². The molecule has 0 atom stereocenters. The first-order chi connectivity index (χ1) is 12.6. The number of carbonyl (C=O) groups excluding carboxylic acids is 1. The summed E-state index contributed by atoms with van der Waals surface area (Å²) >= 11 is 0. The number of hydrogen-bond donors (Lipinski definition) is 0.